The molecular weight excluding hydrogens is 390 g/mol. The van der Waals surface area contributed by atoms with E-state index in [9.17, 15) is 4.79 Å². The molecule has 2 aromatic rings. The van der Waals surface area contributed by atoms with Crippen molar-refractivity contribution in [3.63, 3.8) is 0 Å². The van der Waals surface area contributed by atoms with Gasteiger partial charge in [-0.2, -0.15) is 0 Å². The first-order chi connectivity index (χ1) is 14.0. The van der Waals surface area contributed by atoms with Crippen molar-refractivity contribution in [1.82, 2.24) is 15.4 Å². The second-order valence-electron chi connectivity index (χ2n) is 8.20. The number of halogens is 1. The third kappa shape index (κ3) is 4.59. The Morgan fingerprint density at radius 3 is 2.76 bits per heavy atom. The summed E-state index contributed by atoms with van der Waals surface area (Å²) in [5, 5.41) is 7.55. The van der Waals surface area contributed by atoms with Crippen molar-refractivity contribution >= 4 is 17.5 Å². The maximum atomic E-state index is 12.3. The first-order valence-electron chi connectivity index (χ1n) is 10.4. The van der Waals surface area contributed by atoms with Gasteiger partial charge >= 0.3 is 0 Å². The predicted molar refractivity (Wildman–Crippen MR) is 111 cm³/mol. The van der Waals surface area contributed by atoms with E-state index in [1.165, 1.54) is 12.8 Å². The molecule has 2 fully saturated rings. The standard InChI is InChI=1S/C22H28ClN3O3/c1-14-20(15(2)29-25-14)22(27)24-12-16-10-18(11-16)28-19-7-5-6-17(21(19)23)13-26-8-3-4-9-26/h5-7,16,18H,3-4,8-13H2,1-2H3,(H,24,27). The number of carbonyl (C=O) groups excluding carboxylic acids is 1. The molecule has 1 aromatic carbocycles. The van der Waals surface area contributed by atoms with Gasteiger partial charge in [-0.25, -0.2) is 0 Å². The number of nitrogens with zero attached hydrogens (tertiary/aromatic N) is 2. The highest BCUT2D eigenvalue weighted by Crippen LogP contribution is 2.36. The largest absolute Gasteiger partial charge is 0.489 e. The van der Waals surface area contributed by atoms with Crippen LogP contribution in [0.25, 0.3) is 0 Å². The van der Waals surface area contributed by atoms with Crippen LogP contribution in [0.4, 0.5) is 0 Å². The molecular formula is C22H28ClN3O3. The van der Waals surface area contributed by atoms with Crippen LogP contribution in [0.1, 0.15) is 53.1 Å². The highest BCUT2D eigenvalue weighted by atomic mass is 35.5. The number of amides is 1. The lowest BCUT2D eigenvalue weighted by Gasteiger charge is -2.35. The molecule has 0 bridgehead atoms. The quantitative estimate of drug-likeness (QED) is 0.733. The number of nitrogens with one attached hydrogen (secondary N) is 1. The summed E-state index contributed by atoms with van der Waals surface area (Å²) < 4.78 is 11.2. The molecule has 0 radical (unpaired) electrons. The van der Waals surface area contributed by atoms with E-state index < -0.39 is 0 Å². The molecule has 1 N–H and O–H groups in total. The van der Waals surface area contributed by atoms with Crippen molar-refractivity contribution in [3.8, 4) is 5.75 Å². The summed E-state index contributed by atoms with van der Waals surface area (Å²) in [6, 6.07) is 6.05. The second-order valence-corrected chi connectivity index (χ2v) is 8.58. The van der Waals surface area contributed by atoms with E-state index in [-0.39, 0.29) is 12.0 Å². The van der Waals surface area contributed by atoms with Crippen molar-refractivity contribution in [2.45, 2.75) is 52.2 Å². The minimum Gasteiger partial charge on any atom is -0.489 e. The summed E-state index contributed by atoms with van der Waals surface area (Å²) in [7, 11) is 0. The highest BCUT2D eigenvalue weighted by Gasteiger charge is 2.32. The van der Waals surface area contributed by atoms with Gasteiger partial charge < -0.3 is 14.6 Å². The summed E-state index contributed by atoms with van der Waals surface area (Å²) in [5.74, 6) is 1.61. The summed E-state index contributed by atoms with van der Waals surface area (Å²) in [4.78, 5) is 14.8. The number of likely N-dealkylation sites (tertiary alicyclic amines) is 1. The van der Waals surface area contributed by atoms with Crippen LogP contribution in [0.2, 0.25) is 5.02 Å². The van der Waals surface area contributed by atoms with Crippen LogP contribution >= 0.6 is 11.6 Å². The number of carbonyl (C=O) groups is 1. The van der Waals surface area contributed by atoms with Crippen LogP contribution in [0.15, 0.2) is 22.7 Å². The number of aromatic nitrogens is 1. The lowest BCUT2D eigenvalue weighted by atomic mass is 9.82. The van der Waals surface area contributed by atoms with Gasteiger partial charge in [-0.15, -0.1) is 0 Å². The summed E-state index contributed by atoms with van der Waals surface area (Å²) in [6.07, 6.45) is 4.51. The van der Waals surface area contributed by atoms with Crippen LogP contribution in [0, 0.1) is 19.8 Å². The van der Waals surface area contributed by atoms with E-state index >= 15 is 0 Å². The van der Waals surface area contributed by atoms with Crippen LogP contribution in [0.5, 0.6) is 5.75 Å². The van der Waals surface area contributed by atoms with Crippen molar-refractivity contribution in [2.24, 2.45) is 5.92 Å². The fourth-order valence-corrected chi connectivity index (χ4v) is 4.43. The lowest BCUT2D eigenvalue weighted by molar-refractivity contribution is 0.0616. The third-order valence-electron chi connectivity index (χ3n) is 5.93. The molecule has 1 amide bonds. The zero-order valence-electron chi connectivity index (χ0n) is 17.0. The first kappa shape index (κ1) is 20.2. The molecule has 6 nitrogen and oxygen atoms in total. The van der Waals surface area contributed by atoms with Gasteiger partial charge in [0.05, 0.1) is 16.8 Å². The van der Waals surface area contributed by atoms with Crippen LogP contribution in [-0.4, -0.2) is 41.7 Å². The zero-order chi connectivity index (χ0) is 20.4. The maximum absolute atomic E-state index is 12.3. The third-order valence-corrected chi connectivity index (χ3v) is 6.36. The normalized spacial score (nSPS) is 21.8. The molecule has 1 aliphatic heterocycles. The van der Waals surface area contributed by atoms with Gasteiger partial charge in [0.25, 0.3) is 5.91 Å². The Kier molecular flexibility index (Phi) is 6.11. The number of ether oxygens (including phenoxy) is 1. The van der Waals surface area contributed by atoms with Crippen LogP contribution in [-0.2, 0) is 6.54 Å². The fraction of sp³-hybridized carbons (Fsp3) is 0.545. The molecule has 1 saturated heterocycles. The Labute approximate surface area is 176 Å². The second kappa shape index (κ2) is 8.76. The van der Waals surface area contributed by atoms with E-state index in [0.29, 0.717) is 29.5 Å². The van der Waals surface area contributed by atoms with Crippen LogP contribution < -0.4 is 10.1 Å². The van der Waals surface area contributed by atoms with Gasteiger partial charge in [0, 0.05) is 13.1 Å². The number of rotatable bonds is 7. The minimum atomic E-state index is -0.122. The van der Waals surface area contributed by atoms with Gasteiger partial charge in [0.1, 0.15) is 17.1 Å². The molecule has 4 rings (SSSR count). The summed E-state index contributed by atoms with van der Waals surface area (Å²) in [5.41, 5.74) is 2.30. The molecule has 7 heteroatoms. The SMILES string of the molecule is Cc1noc(C)c1C(=O)NCC1CC(Oc2cccc(CN3CCCC3)c2Cl)C1. The zero-order valence-corrected chi connectivity index (χ0v) is 17.8. The summed E-state index contributed by atoms with van der Waals surface area (Å²) >= 11 is 6.61. The van der Waals surface area contributed by atoms with Gasteiger partial charge in [-0.3, -0.25) is 9.69 Å². The molecule has 1 aliphatic carbocycles. The van der Waals surface area contributed by atoms with Gasteiger partial charge in [0.2, 0.25) is 0 Å². The van der Waals surface area contributed by atoms with Gasteiger partial charge in [-0.1, -0.05) is 28.9 Å². The molecule has 0 unspecified atom stereocenters. The highest BCUT2D eigenvalue weighted by molar-refractivity contribution is 6.32. The average molecular weight is 418 g/mol. The Bertz CT molecular complexity index is 851. The predicted octanol–water partition coefficient (Wildman–Crippen LogP) is 4.13. The molecule has 1 saturated carbocycles. The Morgan fingerprint density at radius 1 is 1.31 bits per heavy atom. The van der Waals surface area contributed by atoms with Crippen molar-refractivity contribution in [3.05, 3.63) is 45.8 Å². The van der Waals surface area contributed by atoms with Crippen molar-refractivity contribution < 1.29 is 14.1 Å². The molecule has 2 aliphatic rings. The van der Waals surface area contributed by atoms with Gasteiger partial charge in [0.15, 0.2) is 0 Å². The Morgan fingerprint density at radius 2 is 2.07 bits per heavy atom. The topological polar surface area (TPSA) is 67.6 Å². The Balaban J connectivity index is 1.25. The number of hydrogen-bond acceptors (Lipinski definition) is 5. The van der Waals surface area contributed by atoms with E-state index in [0.717, 1.165) is 48.8 Å². The molecule has 156 valence electrons. The first-order valence-corrected chi connectivity index (χ1v) is 10.8. The van der Waals surface area contributed by atoms with Gasteiger partial charge in [-0.05, 0) is 70.2 Å². The smallest absolute Gasteiger partial charge is 0.256 e. The summed E-state index contributed by atoms with van der Waals surface area (Å²) in [6.45, 7) is 7.34. The number of benzene rings is 1. The minimum absolute atomic E-state index is 0.122. The van der Waals surface area contributed by atoms with E-state index in [1.54, 1.807) is 13.8 Å². The molecule has 0 atom stereocenters. The van der Waals surface area contributed by atoms with E-state index in [4.69, 9.17) is 20.9 Å². The van der Waals surface area contributed by atoms with E-state index in [1.807, 2.05) is 12.1 Å². The molecule has 2 heterocycles. The van der Waals surface area contributed by atoms with Crippen molar-refractivity contribution in [1.29, 1.82) is 0 Å². The maximum Gasteiger partial charge on any atom is 0.256 e. The monoisotopic (exact) mass is 417 g/mol. The molecule has 0 spiro atoms. The lowest BCUT2D eigenvalue weighted by Crippen LogP contribution is -2.41. The number of hydrogen-bond donors (Lipinski definition) is 1. The Hall–Kier alpha value is -2.05. The molecule has 1 aromatic heterocycles. The molecule has 29 heavy (non-hydrogen) atoms. The van der Waals surface area contributed by atoms with Crippen molar-refractivity contribution in [2.75, 3.05) is 19.6 Å². The fourth-order valence-electron chi connectivity index (χ4n) is 4.20. The number of aryl methyl sites for hydroxylation is 2. The average Bonchev–Trinajstić information content (AvgIpc) is 3.29. The van der Waals surface area contributed by atoms with E-state index in [2.05, 4.69) is 21.4 Å². The van der Waals surface area contributed by atoms with Crippen LogP contribution in [0.3, 0.4) is 0 Å².